The Balaban J connectivity index is 4.18. The molecule has 0 aliphatic carbocycles. The van der Waals surface area contributed by atoms with Crippen molar-refractivity contribution in [1.82, 2.24) is 10.2 Å². The van der Waals surface area contributed by atoms with E-state index in [0.717, 1.165) is 18.4 Å². The summed E-state index contributed by atoms with van der Waals surface area (Å²) < 4.78 is 0. The highest BCUT2D eigenvalue weighted by Crippen LogP contribution is 2.01. The number of amides is 2. The Kier molecular flexibility index (Phi) is 6.54. The molecule has 0 radical (unpaired) electrons. The molecule has 0 atom stereocenters. The summed E-state index contributed by atoms with van der Waals surface area (Å²) in [7, 11) is 3.44. The molecule has 0 fully saturated rings. The van der Waals surface area contributed by atoms with Gasteiger partial charge in [0, 0.05) is 20.3 Å². The van der Waals surface area contributed by atoms with Crippen molar-refractivity contribution >= 4 is 6.03 Å². The van der Waals surface area contributed by atoms with Gasteiger partial charge in [0.2, 0.25) is 0 Å². The quantitative estimate of drug-likeness (QED) is 0.688. The van der Waals surface area contributed by atoms with Crippen molar-refractivity contribution in [2.75, 3.05) is 14.1 Å². The zero-order valence-electron chi connectivity index (χ0n) is 9.50. The number of hydrogen-bond donors (Lipinski definition) is 1. The van der Waals surface area contributed by atoms with Crippen LogP contribution in [-0.4, -0.2) is 25.0 Å². The van der Waals surface area contributed by atoms with Crippen molar-refractivity contribution in [3.63, 3.8) is 0 Å². The molecule has 80 valence electrons. The van der Waals surface area contributed by atoms with Gasteiger partial charge in [-0.3, -0.25) is 0 Å². The molecule has 0 aliphatic rings. The first-order chi connectivity index (χ1) is 6.61. The first-order valence-corrected chi connectivity index (χ1v) is 4.95. The van der Waals surface area contributed by atoms with E-state index in [1.54, 1.807) is 20.3 Å². The minimum absolute atomic E-state index is 0.0964. The van der Waals surface area contributed by atoms with Crippen LogP contribution in [0.2, 0.25) is 0 Å². The van der Waals surface area contributed by atoms with Gasteiger partial charge in [-0.2, -0.15) is 0 Å². The first kappa shape index (κ1) is 12.8. The summed E-state index contributed by atoms with van der Waals surface area (Å²) in [6.45, 7) is 4.15. The molecular weight excluding hydrogens is 176 g/mol. The van der Waals surface area contributed by atoms with Crippen molar-refractivity contribution < 1.29 is 4.79 Å². The largest absolute Gasteiger partial charge is 0.331 e. The predicted octanol–water partition coefficient (Wildman–Crippen LogP) is 2.52. The topological polar surface area (TPSA) is 32.3 Å². The van der Waals surface area contributed by atoms with Crippen LogP contribution in [0.1, 0.15) is 26.7 Å². The second-order valence-electron chi connectivity index (χ2n) is 3.23. The Morgan fingerprint density at radius 3 is 2.43 bits per heavy atom. The number of rotatable bonds is 4. The minimum Gasteiger partial charge on any atom is -0.331 e. The maximum atomic E-state index is 11.2. The number of carbonyl (C=O) groups is 1. The van der Waals surface area contributed by atoms with E-state index in [1.807, 2.05) is 6.08 Å². The molecule has 0 bridgehead atoms. The van der Waals surface area contributed by atoms with Crippen molar-refractivity contribution in [1.29, 1.82) is 0 Å². The van der Waals surface area contributed by atoms with E-state index in [4.69, 9.17) is 0 Å². The van der Waals surface area contributed by atoms with E-state index in [9.17, 15) is 4.79 Å². The Morgan fingerprint density at radius 1 is 1.36 bits per heavy atom. The van der Waals surface area contributed by atoms with Gasteiger partial charge in [0.15, 0.2) is 0 Å². The van der Waals surface area contributed by atoms with Crippen molar-refractivity contribution in [2.45, 2.75) is 26.7 Å². The Hall–Kier alpha value is -1.25. The molecule has 1 N–H and O–H groups in total. The maximum absolute atomic E-state index is 11.2. The van der Waals surface area contributed by atoms with Gasteiger partial charge in [-0.05, 0) is 18.4 Å². The normalized spacial score (nSPS) is 11.9. The van der Waals surface area contributed by atoms with E-state index in [0.29, 0.717) is 0 Å². The molecule has 3 nitrogen and oxygen atoms in total. The van der Waals surface area contributed by atoms with Gasteiger partial charge >= 0.3 is 6.03 Å². The zero-order chi connectivity index (χ0) is 11.0. The zero-order valence-corrected chi connectivity index (χ0v) is 9.50. The summed E-state index contributed by atoms with van der Waals surface area (Å²) in [5.41, 5.74) is 1.13. The van der Waals surface area contributed by atoms with Crippen molar-refractivity contribution in [3.8, 4) is 0 Å². The lowest BCUT2D eigenvalue weighted by molar-refractivity contribution is 0.221. The average molecular weight is 196 g/mol. The maximum Gasteiger partial charge on any atom is 0.320 e. The van der Waals surface area contributed by atoms with Crippen molar-refractivity contribution in [3.05, 3.63) is 23.9 Å². The van der Waals surface area contributed by atoms with E-state index >= 15 is 0 Å². The van der Waals surface area contributed by atoms with Gasteiger partial charge in [0.05, 0.1) is 0 Å². The molecule has 0 aromatic heterocycles. The molecule has 0 aromatic rings. The lowest BCUT2D eigenvalue weighted by Crippen LogP contribution is -2.31. The molecule has 14 heavy (non-hydrogen) atoms. The molecule has 0 heterocycles. The highest BCUT2D eigenvalue weighted by molar-refractivity contribution is 5.74. The predicted molar refractivity (Wildman–Crippen MR) is 60.0 cm³/mol. The number of urea groups is 1. The van der Waals surface area contributed by atoms with Gasteiger partial charge < -0.3 is 10.2 Å². The molecule has 0 saturated heterocycles. The smallest absolute Gasteiger partial charge is 0.320 e. The van der Waals surface area contributed by atoms with E-state index < -0.39 is 0 Å². The van der Waals surface area contributed by atoms with Crippen LogP contribution in [0.25, 0.3) is 0 Å². The number of carbonyl (C=O) groups excluding carboxylic acids is 1. The molecule has 0 rings (SSSR count). The summed E-state index contributed by atoms with van der Waals surface area (Å²) in [6, 6.07) is -0.0964. The third-order valence-electron chi connectivity index (χ3n) is 1.76. The van der Waals surface area contributed by atoms with E-state index in [-0.39, 0.29) is 6.03 Å². The Bertz CT molecular complexity index is 229. The molecule has 2 amide bonds. The van der Waals surface area contributed by atoms with Crippen LogP contribution in [0, 0.1) is 0 Å². The highest BCUT2D eigenvalue weighted by atomic mass is 16.2. The average Bonchev–Trinajstić information content (AvgIpc) is 2.17. The van der Waals surface area contributed by atoms with Crippen LogP contribution < -0.4 is 5.32 Å². The van der Waals surface area contributed by atoms with Gasteiger partial charge in [-0.1, -0.05) is 26.0 Å². The summed E-state index contributed by atoms with van der Waals surface area (Å²) in [5.74, 6) is 0. The fourth-order valence-corrected chi connectivity index (χ4v) is 0.821. The van der Waals surface area contributed by atoms with Crippen LogP contribution in [-0.2, 0) is 0 Å². The van der Waals surface area contributed by atoms with Crippen LogP contribution in [0.3, 0.4) is 0 Å². The molecule has 0 aliphatic heterocycles. The molecule has 0 spiro atoms. The number of allylic oxidation sites excluding steroid dienone is 3. The summed E-state index contributed by atoms with van der Waals surface area (Å²) >= 11 is 0. The van der Waals surface area contributed by atoms with Gasteiger partial charge in [0.1, 0.15) is 0 Å². The minimum atomic E-state index is -0.0964. The first-order valence-electron chi connectivity index (χ1n) is 4.95. The fraction of sp³-hybridized carbons (Fsp3) is 0.545. The second-order valence-corrected chi connectivity index (χ2v) is 3.23. The number of nitrogens with one attached hydrogen (secondary N) is 1. The lowest BCUT2D eigenvalue weighted by atomic mass is 10.2. The molecule has 0 unspecified atom stereocenters. The number of nitrogens with zero attached hydrogens (tertiary/aromatic N) is 1. The second kappa shape index (κ2) is 7.18. The SMILES string of the molecule is CC/C=C/C(=C/NC(=O)N(C)C)CC. The van der Waals surface area contributed by atoms with Crippen LogP contribution in [0.5, 0.6) is 0 Å². The van der Waals surface area contributed by atoms with Gasteiger partial charge in [-0.25, -0.2) is 4.79 Å². The third-order valence-corrected chi connectivity index (χ3v) is 1.76. The molecule has 0 saturated carbocycles. The van der Waals surface area contributed by atoms with Gasteiger partial charge in [0.25, 0.3) is 0 Å². The molecular formula is C11H20N2O. The Morgan fingerprint density at radius 2 is 2.00 bits per heavy atom. The monoisotopic (exact) mass is 196 g/mol. The standard InChI is InChI=1S/C11H20N2O/c1-5-7-8-10(6-2)9-12-11(14)13(3)4/h7-9H,5-6H2,1-4H3,(H,12,14)/b8-7+,10-9+. The third kappa shape index (κ3) is 5.41. The van der Waals surface area contributed by atoms with E-state index in [1.165, 1.54) is 4.90 Å². The van der Waals surface area contributed by atoms with Crippen LogP contribution in [0.15, 0.2) is 23.9 Å². The fourth-order valence-electron chi connectivity index (χ4n) is 0.821. The summed E-state index contributed by atoms with van der Waals surface area (Å²) in [4.78, 5) is 12.7. The van der Waals surface area contributed by atoms with Crippen LogP contribution >= 0.6 is 0 Å². The molecule has 3 heteroatoms. The lowest BCUT2D eigenvalue weighted by Gasteiger charge is -2.09. The van der Waals surface area contributed by atoms with Gasteiger partial charge in [-0.15, -0.1) is 0 Å². The van der Waals surface area contributed by atoms with Crippen molar-refractivity contribution in [2.24, 2.45) is 0 Å². The number of hydrogen-bond acceptors (Lipinski definition) is 1. The Labute approximate surface area is 86.5 Å². The highest BCUT2D eigenvalue weighted by Gasteiger charge is 1.98. The summed E-state index contributed by atoms with van der Waals surface area (Å²) in [5, 5.41) is 2.72. The molecule has 0 aromatic carbocycles. The van der Waals surface area contributed by atoms with Crippen LogP contribution in [0.4, 0.5) is 4.79 Å². The summed E-state index contributed by atoms with van der Waals surface area (Å²) in [6.07, 6.45) is 7.81. The van der Waals surface area contributed by atoms with E-state index in [2.05, 4.69) is 25.2 Å².